The van der Waals surface area contributed by atoms with Crippen molar-refractivity contribution in [3.63, 3.8) is 0 Å². The second kappa shape index (κ2) is 6.97. The minimum atomic E-state index is -5.21. The topological polar surface area (TPSA) is 90.3 Å². The molecule has 2 aromatic rings. The fourth-order valence-electron chi connectivity index (χ4n) is 2.17. The number of nitrogens with zero attached hydrogens (tertiary/aromatic N) is 2. The minimum absolute atomic E-state index is 0.184. The number of hydrogen-bond acceptors (Lipinski definition) is 5. The molecule has 0 fully saturated rings. The largest absolute Gasteiger partial charge is 0.467 e. The summed E-state index contributed by atoms with van der Waals surface area (Å²) in [7, 11) is 0. The predicted octanol–water partition coefficient (Wildman–Crippen LogP) is 3.62. The van der Waals surface area contributed by atoms with Crippen molar-refractivity contribution >= 4 is 0 Å². The number of aliphatic hydroxyl groups is 2. The fourth-order valence-corrected chi connectivity index (χ4v) is 2.17. The Labute approximate surface area is 142 Å². The van der Waals surface area contributed by atoms with Crippen molar-refractivity contribution < 1.29 is 41.0 Å². The van der Waals surface area contributed by atoms with E-state index in [1.54, 1.807) is 0 Å². The number of alkyl halides is 6. The van der Waals surface area contributed by atoms with Gasteiger partial charge >= 0.3 is 12.4 Å². The van der Waals surface area contributed by atoms with Gasteiger partial charge in [-0.15, -0.1) is 0 Å². The standard InChI is InChI=1S/C15H10F6N2O3/c16-14(17,18)10-4-7(5-11(23-10)15(19,20)21)12(24)8(6-22)13(25)9-2-1-3-26-9/h1-5,8,12-13,24-25H. The van der Waals surface area contributed by atoms with Crippen molar-refractivity contribution in [2.75, 3.05) is 0 Å². The van der Waals surface area contributed by atoms with Gasteiger partial charge in [-0.2, -0.15) is 31.6 Å². The summed E-state index contributed by atoms with van der Waals surface area (Å²) in [5.74, 6) is -1.97. The number of aliphatic hydroxyl groups excluding tert-OH is 2. The van der Waals surface area contributed by atoms with Gasteiger partial charge in [0, 0.05) is 0 Å². The van der Waals surface area contributed by atoms with Crippen LogP contribution in [0.15, 0.2) is 34.9 Å². The molecule has 2 rings (SSSR count). The Hall–Kier alpha value is -2.58. The van der Waals surface area contributed by atoms with E-state index in [9.17, 15) is 36.6 Å². The molecule has 3 atom stereocenters. The minimum Gasteiger partial charge on any atom is -0.467 e. The normalized spacial score (nSPS) is 16.0. The van der Waals surface area contributed by atoms with Crippen LogP contribution in [0.5, 0.6) is 0 Å². The first-order valence-electron chi connectivity index (χ1n) is 6.90. The Kier molecular flexibility index (Phi) is 5.29. The molecule has 140 valence electrons. The summed E-state index contributed by atoms with van der Waals surface area (Å²) >= 11 is 0. The summed E-state index contributed by atoms with van der Waals surface area (Å²) in [4.78, 5) is 2.51. The Balaban J connectivity index is 2.49. The van der Waals surface area contributed by atoms with E-state index in [1.165, 1.54) is 18.2 Å². The smallest absolute Gasteiger partial charge is 0.433 e. The van der Waals surface area contributed by atoms with Crippen molar-refractivity contribution in [3.05, 3.63) is 53.2 Å². The quantitative estimate of drug-likeness (QED) is 0.791. The fraction of sp³-hybridized carbons (Fsp3) is 0.333. The maximum absolute atomic E-state index is 12.8. The SMILES string of the molecule is N#CC(C(O)c1cc(C(F)(F)F)nc(C(F)(F)F)c1)C(O)c1ccco1. The Morgan fingerprint density at radius 3 is 1.92 bits per heavy atom. The summed E-state index contributed by atoms with van der Waals surface area (Å²) in [6.07, 6.45) is -13.2. The number of aromatic nitrogens is 1. The number of hydrogen-bond donors (Lipinski definition) is 2. The Bertz CT molecular complexity index is 763. The summed E-state index contributed by atoms with van der Waals surface area (Å²) in [5, 5.41) is 29.3. The molecule has 11 heteroatoms. The van der Waals surface area contributed by atoms with E-state index in [2.05, 4.69) is 4.98 Å². The van der Waals surface area contributed by atoms with Gasteiger partial charge in [0.1, 0.15) is 29.2 Å². The molecular weight excluding hydrogens is 370 g/mol. The first-order valence-corrected chi connectivity index (χ1v) is 6.90. The van der Waals surface area contributed by atoms with Crippen molar-refractivity contribution in [2.45, 2.75) is 24.6 Å². The van der Waals surface area contributed by atoms with E-state index >= 15 is 0 Å². The molecule has 0 saturated heterocycles. The average molecular weight is 380 g/mol. The van der Waals surface area contributed by atoms with Gasteiger partial charge in [-0.05, 0) is 29.8 Å². The van der Waals surface area contributed by atoms with Gasteiger partial charge in [0.2, 0.25) is 0 Å². The first kappa shape index (κ1) is 19.7. The van der Waals surface area contributed by atoms with Crippen molar-refractivity contribution in [2.24, 2.45) is 5.92 Å². The van der Waals surface area contributed by atoms with E-state index in [4.69, 9.17) is 9.68 Å². The lowest BCUT2D eigenvalue weighted by Gasteiger charge is -2.22. The van der Waals surface area contributed by atoms with Gasteiger partial charge in [0.15, 0.2) is 0 Å². The van der Waals surface area contributed by atoms with Crippen LogP contribution in [0.3, 0.4) is 0 Å². The third kappa shape index (κ3) is 4.14. The zero-order valence-corrected chi connectivity index (χ0v) is 12.6. The maximum atomic E-state index is 12.8. The number of rotatable bonds is 4. The molecule has 26 heavy (non-hydrogen) atoms. The van der Waals surface area contributed by atoms with Gasteiger partial charge < -0.3 is 14.6 Å². The molecule has 0 aliphatic rings. The monoisotopic (exact) mass is 380 g/mol. The summed E-state index contributed by atoms with van der Waals surface area (Å²) in [6.45, 7) is 0. The molecule has 2 N–H and O–H groups in total. The average Bonchev–Trinajstić information content (AvgIpc) is 3.07. The molecule has 0 bridgehead atoms. The van der Waals surface area contributed by atoms with E-state index in [1.807, 2.05) is 0 Å². The molecule has 5 nitrogen and oxygen atoms in total. The molecule has 2 heterocycles. The number of pyridine rings is 1. The Morgan fingerprint density at radius 1 is 1.00 bits per heavy atom. The van der Waals surface area contributed by atoms with Crippen LogP contribution in [-0.4, -0.2) is 15.2 Å². The zero-order valence-electron chi connectivity index (χ0n) is 12.6. The second-order valence-electron chi connectivity index (χ2n) is 5.23. The van der Waals surface area contributed by atoms with Crippen LogP contribution in [0.25, 0.3) is 0 Å². The molecule has 0 radical (unpaired) electrons. The molecule has 0 aromatic carbocycles. The second-order valence-corrected chi connectivity index (χ2v) is 5.23. The molecule has 0 amide bonds. The third-order valence-corrected chi connectivity index (χ3v) is 3.43. The van der Waals surface area contributed by atoms with Crippen LogP contribution in [0.1, 0.15) is 34.9 Å². The summed E-state index contributed by atoms with van der Waals surface area (Å²) < 4.78 is 81.8. The van der Waals surface area contributed by atoms with Gasteiger partial charge in [-0.25, -0.2) is 4.98 Å². The van der Waals surface area contributed by atoms with Crippen LogP contribution in [0, 0.1) is 17.2 Å². The maximum Gasteiger partial charge on any atom is 0.433 e. The molecular formula is C15H10F6N2O3. The number of nitriles is 1. The highest BCUT2D eigenvalue weighted by Crippen LogP contribution is 2.38. The van der Waals surface area contributed by atoms with E-state index in [0.29, 0.717) is 0 Å². The highest BCUT2D eigenvalue weighted by atomic mass is 19.4. The van der Waals surface area contributed by atoms with Crippen LogP contribution in [-0.2, 0) is 12.4 Å². The van der Waals surface area contributed by atoms with E-state index in [0.717, 1.165) is 6.26 Å². The van der Waals surface area contributed by atoms with Crippen LogP contribution in [0.2, 0.25) is 0 Å². The van der Waals surface area contributed by atoms with Crippen LogP contribution >= 0.6 is 0 Å². The van der Waals surface area contributed by atoms with Crippen molar-refractivity contribution in [1.82, 2.24) is 4.98 Å². The van der Waals surface area contributed by atoms with Crippen LogP contribution < -0.4 is 0 Å². The summed E-state index contributed by atoms with van der Waals surface area (Å²) in [6, 6.07) is 4.42. The van der Waals surface area contributed by atoms with Crippen molar-refractivity contribution in [3.8, 4) is 6.07 Å². The third-order valence-electron chi connectivity index (χ3n) is 3.43. The van der Waals surface area contributed by atoms with Gasteiger partial charge in [0.05, 0.1) is 18.4 Å². The highest BCUT2D eigenvalue weighted by molar-refractivity contribution is 5.28. The highest BCUT2D eigenvalue weighted by Gasteiger charge is 2.40. The van der Waals surface area contributed by atoms with E-state index < -0.39 is 47.4 Å². The number of furan rings is 1. The lowest BCUT2D eigenvalue weighted by atomic mass is 9.90. The summed E-state index contributed by atoms with van der Waals surface area (Å²) in [5.41, 5.74) is -4.63. The molecule has 0 aliphatic carbocycles. The molecule has 0 saturated carbocycles. The predicted molar refractivity (Wildman–Crippen MR) is 72.0 cm³/mol. The molecule has 3 unspecified atom stereocenters. The lowest BCUT2D eigenvalue weighted by Crippen LogP contribution is -2.22. The molecule has 2 aromatic heterocycles. The lowest BCUT2D eigenvalue weighted by molar-refractivity contribution is -0.150. The van der Waals surface area contributed by atoms with Crippen LogP contribution in [0.4, 0.5) is 26.3 Å². The van der Waals surface area contributed by atoms with E-state index in [-0.39, 0.29) is 17.9 Å². The van der Waals surface area contributed by atoms with Crippen molar-refractivity contribution in [1.29, 1.82) is 5.26 Å². The zero-order chi connectivity index (χ0) is 19.7. The van der Waals surface area contributed by atoms with Gasteiger partial charge in [-0.3, -0.25) is 0 Å². The Morgan fingerprint density at radius 2 is 1.54 bits per heavy atom. The van der Waals surface area contributed by atoms with Gasteiger partial charge in [-0.1, -0.05) is 0 Å². The first-order chi connectivity index (χ1) is 11.9. The van der Waals surface area contributed by atoms with Gasteiger partial charge in [0.25, 0.3) is 0 Å². The molecule has 0 spiro atoms. The number of halogens is 6. The molecule has 0 aliphatic heterocycles.